The van der Waals surface area contributed by atoms with Gasteiger partial charge in [0.1, 0.15) is 5.52 Å². The third-order valence-corrected chi connectivity index (χ3v) is 6.52. The van der Waals surface area contributed by atoms with Crippen molar-refractivity contribution in [2.45, 2.75) is 0 Å². The van der Waals surface area contributed by atoms with Crippen LogP contribution in [0.5, 0.6) is 0 Å². The number of benzene rings is 2. The van der Waals surface area contributed by atoms with Gasteiger partial charge in [-0.1, -0.05) is 53.3 Å². The average Bonchev–Trinajstić information content (AvgIpc) is 3.42. The molecule has 1 amide bonds. The predicted molar refractivity (Wildman–Crippen MR) is 121 cm³/mol. The molecule has 0 bridgehead atoms. The Bertz CT molecular complexity index is 1350. The summed E-state index contributed by atoms with van der Waals surface area (Å²) in [6, 6.07) is 19.0. The van der Waals surface area contributed by atoms with Gasteiger partial charge in [0, 0.05) is 5.39 Å². The molecule has 2 aromatic carbocycles. The molecule has 2 N–H and O–H groups in total. The van der Waals surface area contributed by atoms with Gasteiger partial charge < -0.3 is 0 Å². The molecule has 5 aromatic rings. The number of aromatic nitrogens is 2. The Hall–Kier alpha value is -3.00. The number of nitrogens with one attached hydrogen (secondary N) is 2. The number of carbonyl (C=O) groups excluding carboxylic acids is 1. The molecule has 0 atom stereocenters. The maximum atomic E-state index is 13.0. The van der Waals surface area contributed by atoms with Crippen molar-refractivity contribution in [3.8, 4) is 10.6 Å². The summed E-state index contributed by atoms with van der Waals surface area (Å²) in [5.74, 6) is -0.258. The SMILES string of the molecule is O=C(NNc1nc2c(Cl)cccc2s1)c1cc(-c2cccs2)nc2ccccc12. The van der Waals surface area contributed by atoms with Crippen molar-refractivity contribution in [2.24, 2.45) is 0 Å². The second-order valence-electron chi connectivity index (χ2n) is 6.23. The number of nitrogens with zero attached hydrogens (tertiary/aromatic N) is 2. The van der Waals surface area contributed by atoms with Crippen LogP contribution in [0.2, 0.25) is 5.02 Å². The molecule has 0 aliphatic rings. The number of hydrazine groups is 1. The Morgan fingerprint density at radius 1 is 1.00 bits per heavy atom. The van der Waals surface area contributed by atoms with Crippen LogP contribution in [0.15, 0.2) is 66.0 Å². The van der Waals surface area contributed by atoms with E-state index in [0.29, 0.717) is 21.2 Å². The summed E-state index contributed by atoms with van der Waals surface area (Å²) < 4.78 is 0.948. The van der Waals surface area contributed by atoms with Crippen molar-refractivity contribution in [3.63, 3.8) is 0 Å². The molecule has 5 rings (SSSR count). The van der Waals surface area contributed by atoms with E-state index in [0.717, 1.165) is 26.2 Å². The standard InChI is InChI=1S/C21H13ClN4OS2/c22-14-6-3-8-18-19(14)24-21(29-18)26-25-20(27)13-11-16(17-9-4-10-28-17)23-15-7-2-1-5-12(13)15/h1-11H,(H,24,26)(H,25,27). The van der Waals surface area contributed by atoms with Gasteiger partial charge in [-0.05, 0) is 35.7 Å². The first kappa shape index (κ1) is 18.1. The lowest BCUT2D eigenvalue weighted by Gasteiger charge is -2.10. The van der Waals surface area contributed by atoms with Crippen molar-refractivity contribution >= 4 is 66.4 Å². The normalized spacial score (nSPS) is 11.1. The third-order valence-electron chi connectivity index (χ3n) is 4.39. The lowest BCUT2D eigenvalue weighted by molar-refractivity contribution is 0.0964. The van der Waals surface area contributed by atoms with Gasteiger partial charge in [0.25, 0.3) is 5.91 Å². The van der Waals surface area contributed by atoms with E-state index in [1.807, 2.05) is 60.0 Å². The van der Waals surface area contributed by atoms with Crippen molar-refractivity contribution in [2.75, 3.05) is 5.43 Å². The molecular formula is C21H13ClN4OS2. The maximum absolute atomic E-state index is 13.0. The van der Waals surface area contributed by atoms with E-state index in [1.165, 1.54) is 11.3 Å². The number of rotatable bonds is 4. The van der Waals surface area contributed by atoms with Crippen LogP contribution < -0.4 is 10.9 Å². The molecule has 8 heteroatoms. The van der Waals surface area contributed by atoms with Crippen molar-refractivity contribution in [3.05, 3.63) is 76.6 Å². The number of pyridine rings is 1. The van der Waals surface area contributed by atoms with Crippen LogP contribution in [0, 0.1) is 0 Å². The molecule has 5 nitrogen and oxygen atoms in total. The minimum atomic E-state index is -0.258. The maximum Gasteiger partial charge on any atom is 0.270 e. The number of para-hydroxylation sites is 2. The van der Waals surface area contributed by atoms with E-state index < -0.39 is 0 Å². The van der Waals surface area contributed by atoms with Gasteiger partial charge in [0.05, 0.1) is 31.4 Å². The van der Waals surface area contributed by atoms with Crippen LogP contribution in [0.25, 0.3) is 31.7 Å². The van der Waals surface area contributed by atoms with Gasteiger partial charge in [-0.3, -0.25) is 15.6 Å². The summed E-state index contributed by atoms with van der Waals surface area (Å²) >= 11 is 9.19. The van der Waals surface area contributed by atoms with Gasteiger partial charge in [-0.2, -0.15) is 0 Å². The van der Waals surface area contributed by atoms with Gasteiger partial charge in [0.2, 0.25) is 5.13 Å². The van der Waals surface area contributed by atoms with E-state index in [2.05, 4.69) is 15.8 Å². The van der Waals surface area contributed by atoms with Gasteiger partial charge in [-0.25, -0.2) is 9.97 Å². The first-order chi connectivity index (χ1) is 14.2. The number of hydrogen-bond donors (Lipinski definition) is 2. The molecular weight excluding hydrogens is 424 g/mol. The fraction of sp³-hybridized carbons (Fsp3) is 0. The van der Waals surface area contributed by atoms with E-state index >= 15 is 0 Å². The minimum Gasteiger partial charge on any atom is -0.273 e. The molecule has 29 heavy (non-hydrogen) atoms. The second kappa shape index (κ2) is 7.44. The first-order valence-electron chi connectivity index (χ1n) is 8.74. The van der Waals surface area contributed by atoms with E-state index in [-0.39, 0.29) is 5.91 Å². The molecule has 0 unspecified atom stereocenters. The molecule has 3 aromatic heterocycles. The van der Waals surface area contributed by atoms with Crippen LogP contribution in [-0.2, 0) is 0 Å². The van der Waals surface area contributed by atoms with Gasteiger partial charge in [0.15, 0.2) is 0 Å². The van der Waals surface area contributed by atoms with E-state index in [1.54, 1.807) is 17.4 Å². The highest BCUT2D eigenvalue weighted by Crippen LogP contribution is 2.31. The highest BCUT2D eigenvalue weighted by atomic mass is 35.5. The van der Waals surface area contributed by atoms with Gasteiger partial charge in [-0.15, -0.1) is 11.3 Å². The van der Waals surface area contributed by atoms with Crippen molar-refractivity contribution in [1.29, 1.82) is 0 Å². The molecule has 0 saturated heterocycles. The average molecular weight is 437 g/mol. The number of fused-ring (bicyclic) bond motifs is 2. The zero-order valence-corrected chi connectivity index (χ0v) is 17.2. The zero-order valence-electron chi connectivity index (χ0n) is 14.8. The number of anilines is 1. The molecule has 0 saturated carbocycles. The fourth-order valence-corrected chi connectivity index (χ4v) is 4.86. The lowest BCUT2D eigenvalue weighted by atomic mass is 10.1. The number of thiophene rings is 1. The van der Waals surface area contributed by atoms with Crippen molar-refractivity contribution < 1.29 is 4.79 Å². The fourth-order valence-electron chi connectivity index (χ4n) is 3.06. The smallest absolute Gasteiger partial charge is 0.270 e. The zero-order chi connectivity index (χ0) is 19.8. The van der Waals surface area contributed by atoms with Crippen molar-refractivity contribution in [1.82, 2.24) is 15.4 Å². The van der Waals surface area contributed by atoms with Crippen LogP contribution in [0.1, 0.15) is 10.4 Å². The summed E-state index contributed by atoms with van der Waals surface area (Å²) in [5, 5.41) is 3.93. The Kier molecular flexibility index (Phi) is 4.63. The lowest BCUT2D eigenvalue weighted by Crippen LogP contribution is -2.29. The largest absolute Gasteiger partial charge is 0.273 e. The Morgan fingerprint density at radius 3 is 2.72 bits per heavy atom. The third kappa shape index (κ3) is 3.44. The topological polar surface area (TPSA) is 66.9 Å². The number of carbonyl (C=O) groups is 1. The predicted octanol–water partition coefficient (Wildman–Crippen LogP) is 5.98. The minimum absolute atomic E-state index is 0.258. The van der Waals surface area contributed by atoms with E-state index in [4.69, 9.17) is 16.6 Å². The summed E-state index contributed by atoms with van der Waals surface area (Å²) in [4.78, 5) is 23.2. The van der Waals surface area contributed by atoms with E-state index in [9.17, 15) is 4.79 Å². The molecule has 3 heterocycles. The molecule has 0 aliphatic carbocycles. The molecule has 142 valence electrons. The number of hydrogen-bond acceptors (Lipinski definition) is 6. The molecule has 0 aliphatic heterocycles. The molecule has 0 fully saturated rings. The quantitative estimate of drug-likeness (QED) is 0.340. The Labute approximate surface area is 179 Å². The monoisotopic (exact) mass is 436 g/mol. The highest BCUT2D eigenvalue weighted by molar-refractivity contribution is 7.22. The summed E-state index contributed by atoms with van der Waals surface area (Å²) in [7, 11) is 0. The van der Waals surface area contributed by atoms with Crippen LogP contribution >= 0.6 is 34.3 Å². The highest BCUT2D eigenvalue weighted by Gasteiger charge is 2.15. The van der Waals surface area contributed by atoms with Gasteiger partial charge >= 0.3 is 0 Å². The molecule has 0 spiro atoms. The number of halogens is 1. The number of amides is 1. The van der Waals surface area contributed by atoms with Crippen LogP contribution in [0.3, 0.4) is 0 Å². The van der Waals surface area contributed by atoms with Crippen LogP contribution in [0.4, 0.5) is 5.13 Å². The van der Waals surface area contributed by atoms with Crippen LogP contribution in [-0.4, -0.2) is 15.9 Å². The first-order valence-corrected chi connectivity index (χ1v) is 10.8. The Morgan fingerprint density at radius 2 is 1.90 bits per heavy atom. The summed E-state index contributed by atoms with van der Waals surface area (Å²) in [6.07, 6.45) is 0. The molecule has 0 radical (unpaired) electrons. The summed E-state index contributed by atoms with van der Waals surface area (Å²) in [5.41, 5.74) is 8.47. The second-order valence-corrected chi connectivity index (χ2v) is 8.62. The summed E-state index contributed by atoms with van der Waals surface area (Å²) in [6.45, 7) is 0. The number of thiazole rings is 1. The Balaban J connectivity index is 1.47.